The lowest BCUT2D eigenvalue weighted by Gasteiger charge is -2.20. The first-order chi connectivity index (χ1) is 14.9. The largest absolute Gasteiger partial charge is 0.872 e. The number of ketones is 1. The molecule has 7 nitrogen and oxygen atoms in total. The average molecular weight is 416 g/mol. The van der Waals surface area contributed by atoms with Crippen molar-refractivity contribution in [3.63, 3.8) is 0 Å². The van der Waals surface area contributed by atoms with Gasteiger partial charge in [-0.2, -0.15) is 0 Å². The minimum absolute atomic E-state index is 0.0445. The second-order valence-electron chi connectivity index (χ2n) is 7.51. The molecular weight excluding hydrogens is 396 g/mol. The summed E-state index contributed by atoms with van der Waals surface area (Å²) < 4.78 is 5.81. The van der Waals surface area contributed by atoms with Crippen molar-refractivity contribution in [2.45, 2.75) is 13.1 Å². The second-order valence-corrected chi connectivity index (χ2v) is 7.51. The molecule has 3 aromatic carbocycles. The Morgan fingerprint density at radius 1 is 1.03 bits per heavy atom. The zero-order valence-corrected chi connectivity index (χ0v) is 16.8. The number of carbonyl (C=O) groups is 1. The van der Waals surface area contributed by atoms with E-state index in [1.165, 1.54) is 30.3 Å². The van der Waals surface area contributed by atoms with Crippen LogP contribution in [0.3, 0.4) is 0 Å². The van der Waals surface area contributed by atoms with E-state index < -0.39 is 4.92 Å². The van der Waals surface area contributed by atoms with Crippen LogP contribution in [0.2, 0.25) is 0 Å². The molecule has 0 saturated heterocycles. The van der Waals surface area contributed by atoms with Gasteiger partial charge in [-0.1, -0.05) is 54.3 Å². The third kappa shape index (κ3) is 4.31. The molecule has 1 N–H and O–H groups in total. The number of nitro groups is 1. The fourth-order valence-electron chi connectivity index (χ4n) is 3.64. The van der Waals surface area contributed by atoms with Gasteiger partial charge in [0.15, 0.2) is 5.76 Å². The van der Waals surface area contributed by atoms with Gasteiger partial charge >= 0.3 is 0 Å². The van der Waals surface area contributed by atoms with Crippen molar-refractivity contribution in [1.82, 2.24) is 0 Å². The number of nitrogens with one attached hydrogen (secondary N) is 1. The molecule has 0 saturated carbocycles. The number of nitrogens with zero attached hydrogens (tertiary/aromatic N) is 1. The van der Waals surface area contributed by atoms with Gasteiger partial charge < -0.3 is 14.7 Å². The summed E-state index contributed by atoms with van der Waals surface area (Å²) in [6.45, 7) is 1.11. The first kappa shape index (κ1) is 20.3. The molecule has 0 bridgehead atoms. The third-order valence-corrected chi connectivity index (χ3v) is 5.10. The lowest BCUT2D eigenvalue weighted by molar-refractivity contribution is -0.907. The number of non-ortho nitro benzene ring substituents is 1. The molecule has 4 rings (SSSR count). The van der Waals surface area contributed by atoms with Crippen LogP contribution in [0.25, 0.3) is 6.08 Å². The van der Waals surface area contributed by atoms with Crippen molar-refractivity contribution in [1.29, 1.82) is 0 Å². The number of rotatable bonds is 6. The van der Waals surface area contributed by atoms with E-state index in [-0.39, 0.29) is 28.7 Å². The number of ether oxygens (including phenoxy) is 1. The molecule has 1 unspecified atom stereocenters. The highest BCUT2D eigenvalue weighted by Gasteiger charge is 2.30. The highest BCUT2D eigenvalue weighted by Crippen LogP contribution is 2.38. The Morgan fingerprint density at radius 3 is 2.55 bits per heavy atom. The second kappa shape index (κ2) is 8.41. The average Bonchev–Trinajstić information content (AvgIpc) is 3.06. The Balaban J connectivity index is 1.61. The lowest BCUT2D eigenvalue weighted by Crippen LogP contribution is -3.06. The van der Waals surface area contributed by atoms with E-state index in [1.807, 2.05) is 37.4 Å². The predicted octanol–water partition coefficient (Wildman–Crippen LogP) is 2.50. The molecule has 0 radical (unpaired) electrons. The summed E-state index contributed by atoms with van der Waals surface area (Å²) in [5, 5.41) is 23.6. The van der Waals surface area contributed by atoms with Crippen molar-refractivity contribution in [3.05, 3.63) is 105 Å². The van der Waals surface area contributed by atoms with Gasteiger partial charge in [0.2, 0.25) is 5.78 Å². The van der Waals surface area contributed by atoms with E-state index in [1.54, 1.807) is 12.1 Å². The van der Waals surface area contributed by atoms with Gasteiger partial charge in [0, 0.05) is 23.3 Å². The standard InChI is InChI=1S/C24H20N2O5/c1-25(14-16-6-3-2-4-7-16)15-20-21(27)11-10-19-23(28)22(31-24(19)20)13-17-8-5-9-18(12-17)26(29)30/h2-13,27H,14-15H2,1H3. The minimum atomic E-state index is -0.499. The summed E-state index contributed by atoms with van der Waals surface area (Å²) >= 11 is 0. The first-order valence-electron chi connectivity index (χ1n) is 9.79. The number of benzene rings is 3. The summed E-state index contributed by atoms with van der Waals surface area (Å²) in [7, 11) is 1.97. The molecule has 1 aliphatic rings. The van der Waals surface area contributed by atoms with Crippen molar-refractivity contribution < 1.29 is 24.5 Å². The molecular formula is C24H20N2O5. The maximum absolute atomic E-state index is 12.8. The topological polar surface area (TPSA) is 96.9 Å². The fourth-order valence-corrected chi connectivity index (χ4v) is 3.64. The van der Waals surface area contributed by atoms with E-state index in [4.69, 9.17) is 4.74 Å². The molecule has 0 aliphatic carbocycles. The number of fused-ring (bicyclic) bond motifs is 1. The van der Waals surface area contributed by atoms with Crippen LogP contribution in [0.1, 0.15) is 27.0 Å². The van der Waals surface area contributed by atoms with Crippen molar-refractivity contribution in [2.24, 2.45) is 0 Å². The van der Waals surface area contributed by atoms with Crippen LogP contribution in [0.15, 0.2) is 72.5 Å². The van der Waals surface area contributed by atoms with Gasteiger partial charge in [-0.3, -0.25) is 14.9 Å². The molecule has 1 aliphatic heterocycles. The van der Waals surface area contributed by atoms with Gasteiger partial charge in [0.25, 0.3) is 5.69 Å². The van der Waals surface area contributed by atoms with Crippen molar-refractivity contribution >= 4 is 17.5 Å². The number of Topliss-reactive ketones (excluding diaryl/α,β-unsaturated/α-hetero) is 1. The van der Waals surface area contributed by atoms with Crippen molar-refractivity contribution in [2.75, 3.05) is 7.05 Å². The summed E-state index contributed by atoms with van der Waals surface area (Å²) in [5.74, 6) is -0.205. The van der Waals surface area contributed by atoms with Gasteiger partial charge in [0.1, 0.15) is 18.8 Å². The Hall–Kier alpha value is -3.97. The van der Waals surface area contributed by atoms with E-state index >= 15 is 0 Å². The summed E-state index contributed by atoms with van der Waals surface area (Å²) in [6, 6.07) is 18.7. The summed E-state index contributed by atoms with van der Waals surface area (Å²) in [6.07, 6.45) is 1.46. The Bertz CT molecular complexity index is 1190. The molecule has 0 spiro atoms. The van der Waals surface area contributed by atoms with Crippen LogP contribution < -0.4 is 14.7 Å². The molecule has 1 atom stereocenters. The van der Waals surface area contributed by atoms with Crippen LogP contribution in [0, 0.1) is 10.1 Å². The Morgan fingerprint density at radius 2 is 1.81 bits per heavy atom. The van der Waals surface area contributed by atoms with E-state index in [0.29, 0.717) is 29.8 Å². The molecule has 0 aromatic heterocycles. The lowest BCUT2D eigenvalue weighted by atomic mass is 10.0. The smallest absolute Gasteiger partial charge is 0.270 e. The van der Waals surface area contributed by atoms with Gasteiger partial charge in [-0.25, -0.2) is 0 Å². The monoisotopic (exact) mass is 416 g/mol. The van der Waals surface area contributed by atoms with Crippen molar-refractivity contribution in [3.8, 4) is 11.5 Å². The Kier molecular flexibility index (Phi) is 5.51. The summed E-state index contributed by atoms with van der Waals surface area (Å²) in [5.41, 5.74) is 2.32. The van der Waals surface area contributed by atoms with Gasteiger partial charge in [-0.05, 0) is 17.7 Å². The summed E-state index contributed by atoms with van der Waals surface area (Å²) in [4.78, 5) is 24.4. The van der Waals surface area contributed by atoms with Crippen LogP contribution in [-0.2, 0) is 13.1 Å². The van der Waals surface area contributed by atoms with E-state index in [0.717, 1.165) is 10.5 Å². The fraction of sp³-hybridized carbons (Fsp3) is 0.125. The molecule has 3 aromatic rings. The molecule has 1 heterocycles. The number of carbonyl (C=O) groups excluding carboxylic acids is 1. The zero-order valence-electron chi connectivity index (χ0n) is 16.8. The first-order valence-corrected chi connectivity index (χ1v) is 9.79. The number of hydrogen-bond acceptors (Lipinski definition) is 5. The maximum atomic E-state index is 12.8. The quantitative estimate of drug-likeness (QED) is 0.378. The number of nitro benzene ring substituents is 1. The minimum Gasteiger partial charge on any atom is -0.872 e. The highest BCUT2D eigenvalue weighted by molar-refractivity contribution is 6.15. The zero-order chi connectivity index (χ0) is 22.0. The molecule has 7 heteroatoms. The number of hydrogen-bond donors (Lipinski definition) is 1. The van der Waals surface area contributed by atoms with Gasteiger partial charge in [0.05, 0.1) is 17.5 Å². The van der Waals surface area contributed by atoms with E-state index in [9.17, 15) is 20.0 Å². The molecule has 156 valence electrons. The van der Waals surface area contributed by atoms with E-state index in [2.05, 4.69) is 0 Å². The normalized spacial score (nSPS) is 14.9. The molecule has 31 heavy (non-hydrogen) atoms. The Labute approximate surface area is 179 Å². The van der Waals surface area contributed by atoms with Crippen LogP contribution >= 0.6 is 0 Å². The number of allylic oxidation sites excluding steroid dienone is 1. The van der Waals surface area contributed by atoms with Crippen LogP contribution in [0.5, 0.6) is 11.5 Å². The van der Waals surface area contributed by atoms with Crippen LogP contribution in [0.4, 0.5) is 5.69 Å². The van der Waals surface area contributed by atoms with Crippen LogP contribution in [-0.4, -0.2) is 17.8 Å². The SMILES string of the molecule is C[NH+](Cc1ccccc1)Cc1c([O-])ccc2c1OC(=Cc1cccc([N+](=O)[O-])c1)C2=O. The third-order valence-electron chi connectivity index (χ3n) is 5.10. The molecule has 0 amide bonds. The molecule has 0 fully saturated rings. The van der Waals surface area contributed by atoms with Gasteiger partial charge in [-0.15, -0.1) is 0 Å². The predicted molar refractivity (Wildman–Crippen MR) is 113 cm³/mol. The number of quaternary nitrogens is 1. The maximum Gasteiger partial charge on any atom is 0.270 e. The highest BCUT2D eigenvalue weighted by atomic mass is 16.6.